The number of anilines is 2. The minimum atomic E-state index is 0.0233. The first kappa shape index (κ1) is 14.5. The number of nitrogens with two attached hydrogens (primary N) is 1. The first-order valence-corrected chi connectivity index (χ1v) is 7.39. The van der Waals surface area contributed by atoms with E-state index in [0.717, 1.165) is 23.0 Å². The average Bonchev–Trinajstić information content (AvgIpc) is 2.83. The molecule has 2 aromatic rings. The minimum Gasteiger partial charge on any atom is -0.399 e. The summed E-state index contributed by atoms with van der Waals surface area (Å²) >= 11 is 1.66. The predicted octanol–water partition coefficient (Wildman–Crippen LogP) is 2.51. The van der Waals surface area contributed by atoms with Crippen molar-refractivity contribution in [1.82, 2.24) is 9.55 Å². The number of thioether (sulfide) groups is 1. The molecule has 1 aromatic heterocycles. The molecule has 0 radical (unpaired) electrons. The number of nitrogens with one attached hydrogen (secondary N) is 1. The lowest BCUT2D eigenvalue weighted by molar-refractivity contribution is -0.116. The van der Waals surface area contributed by atoms with Crippen LogP contribution >= 0.6 is 11.8 Å². The largest absolute Gasteiger partial charge is 0.399 e. The van der Waals surface area contributed by atoms with Gasteiger partial charge in [-0.05, 0) is 30.7 Å². The molecule has 1 amide bonds. The highest BCUT2D eigenvalue weighted by Gasteiger charge is 2.04. The van der Waals surface area contributed by atoms with Gasteiger partial charge in [-0.15, -0.1) is 0 Å². The molecule has 0 saturated carbocycles. The van der Waals surface area contributed by atoms with Crippen molar-refractivity contribution in [2.45, 2.75) is 18.0 Å². The van der Waals surface area contributed by atoms with Crippen LogP contribution in [0.15, 0.2) is 41.8 Å². The Bertz CT molecular complexity index is 565. The monoisotopic (exact) mass is 290 g/mol. The van der Waals surface area contributed by atoms with Crippen molar-refractivity contribution in [2.24, 2.45) is 7.05 Å². The number of nitrogen functional groups attached to an aromatic ring is 1. The SMILES string of the molecule is Cn1ccnc1SCCCC(=O)Nc1ccc(N)cc1. The maximum atomic E-state index is 11.8. The van der Waals surface area contributed by atoms with Crippen molar-refractivity contribution >= 4 is 29.0 Å². The quantitative estimate of drug-likeness (QED) is 0.487. The lowest BCUT2D eigenvalue weighted by atomic mass is 10.2. The first-order valence-electron chi connectivity index (χ1n) is 6.40. The van der Waals surface area contributed by atoms with Gasteiger partial charge in [0.25, 0.3) is 0 Å². The molecule has 1 heterocycles. The Morgan fingerprint density at radius 2 is 2.15 bits per heavy atom. The Balaban J connectivity index is 1.68. The van der Waals surface area contributed by atoms with E-state index in [0.29, 0.717) is 12.1 Å². The van der Waals surface area contributed by atoms with E-state index >= 15 is 0 Å². The van der Waals surface area contributed by atoms with Gasteiger partial charge in [-0.1, -0.05) is 11.8 Å². The number of amides is 1. The second-order valence-corrected chi connectivity index (χ2v) is 5.50. The Hall–Kier alpha value is -1.95. The van der Waals surface area contributed by atoms with Crippen molar-refractivity contribution in [3.05, 3.63) is 36.7 Å². The van der Waals surface area contributed by atoms with Crippen molar-refractivity contribution in [3.8, 4) is 0 Å². The third kappa shape index (κ3) is 4.31. The van der Waals surface area contributed by atoms with E-state index in [2.05, 4.69) is 10.3 Å². The Morgan fingerprint density at radius 1 is 1.40 bits per heavy atom. The average molecular weight is 290 g/mol. The fourth-order valence-corrected chi connectivity index (χ4v) is 2.55. The molecule has 6 heteroatoms. The maximum Gasteiger partial charge on any atom is 0.224 e. The number of rotatable bonds is 6. The van der Waals surface area contributed by atoms with Crippen LogP contribution < -0.4 is 11.1 Å². The Labute approximate surface area is 122 Å². The molecule has 0 aliphatic heterocycles. The van der Waals surface area contributed by atoms with Gasteiger partial charge in [0.05, 0.1) is 0 Å². The third-order valence-corrected chi connectivity index (χ3v) is 3.90. The zero-order chi connectivity index (χ0) is 14.4. The number of carbonyl (C=O) groups excluding carboxylic acids is 1. The minimum absolute atomic E-state index is 0.0233. The summed E-state index contributed by atoms with van der Waals surface area (Å²) < 4.78 is 1.97. The van der Waals surface area contributed by atoms with E-state index in [1.54, 1.807) is 42.2 Å². The summed E-state index contributed by atoms with van der Waals surface area (Å²) in [5, 5.41) is 3.83. The molecule has 0 bridgehead atoms. The van der Waals surface area contributed by atoms with Gasteiger partial charge < -0.3 is 15.6 Å². The molecule has 0 aliphatic rings. The van der Waals surface area contributed by atoms with Gasteiger partial charge >= 0.3 is 0 Å². The van der Waals surface area contributed by atoms with E-state index in [1.165, 1.54) is 0 Å². The number of imidazole rings is 1. The topological polar surface area (TPSA) is 72.9 Å². The summed E-state index contributed by atoms with van der Waals surface area (Å²) in [5.41, 5.74) is 7.06. The second kappa shape index (κ2) is 7.00. The van der Waals surface area contributed by atoms with E-state index in [1.807, 2.05) is 17.8 Å². The molecular formula is C14H18N4OS. The number of hydrogen-bond donors (Lipinski definition) is 2. The number of hydrogen-bond acceptors (Lipinski definition) is 4. The van der Waals surface area contributed by atoms with Crippen molar-refractivity contribution in [2.75, 3.05) is 16.8 Å². The summed E-state index contributed by atoms with van der Waals surface area (Å²) in [6, 6.07) is 7.14. The molecule has 5 nitrogen and oxygen atoms in total. The lowest BCUT2D eigenvalue weighted by Gasteiger charge is -2.05. The van der Waals surface area contributed by atoms with Gasteiger partial charge in [0.15, 0.2) is 5.16 Å². The summed E-state index contributed by atoms with van der Waals surface area (Å²) in [7, 11) is 1.96. The molecule has 0 aliphatic carbocycles. The number of carbonyl (C=O) groups is 1. The summed E-state index contributed by atoms with van der Waals surface area (Å²) in [6.45, 7) is 0. The zero-order valence-corrected chi connectivity index (χ0v) is 12.2. The van der Waals surface area contributed by atoms with Crippen LogP contribution in [-0.2, 0) is 11.8 Å². The molecule has 0 saturated heterocycles. The van der Waals surface area contributed by atoms with Gasteiger partial charge in [0.2, 0.25) is 5.91 Å². The van der Waals surface area contributed by atoms with Crippen LogP contribution in [0.1, 0.15) is 12.8 Å². The lowest BCUT2D eigenvalue weighted by Crippen LogP contribution is -2.11. The Morgan fingerprint density at radius 3 is 2.80 bits per heavy atom. The third-order valence-electron chi connectivity index (χ3n) is 2.75. The summed E-state index contributed by atoms with van der Waals surface area (Å²) in [6.07, 6.45) is 5.01. The van der Waals surface area contributed by atoms with Gasteiger partial charge in [-0.2, -0.15) is 0 Å². The molecular weight excluding hydrogens is 272 g/mol. The second-order valence-electron chi connectivity index (χ2n) is 4.44. The van der Waals surface area contributed by atoms with Crippen LogP contribution in [0.2, 0.25) is 0 Å². The van der Waals surface area contributed by atoms with E-state index < -0.39 is 0 Å². The molecule has 20 heavy (non-hydrogen) atoms. The predicted molar refractivity (Wildman–Crippen MR) is 82.7 cm³/mol. The van der Waals surface area contributed by atoms with Crippen LogP contribution in [0.3, 0.4) is 0 Å². The molecule has 0 unspecified atom stereocenters. The highest BCUT2D eigenvalue weighted by Crippen LogP contribution is 2.16. The van der Waals surface area contributed by atoms with Crippen LogP contribution in [0, 0.1) is 0 Å². The molecule has 1 aromatic carbocycles. The number of aryl methyl sites for hydroxylation is 1. The summed E-state index contributed by atoms with van der Waals surface area (Å²) in [4.78, 5) is 16.0. The van der Waals surface area contributed by atoms with Gasteiger partial charge in [0, 0.05) is 43.0 Å². The maximum absolute atomic E-state index is 11.8. The first-order chi connectivity index (χ1) is 9.65. The van der Waals surface area contributed by atoms with Crippen molar-refractivity contribution < 1.29 is 4.79 Å². The number of nitrogens with zero attached hydrogens (tertiary/aromatic N) is 2. The standard InChI is InChI=1S/C14H18N4OS/c1-18-9-8-16-14(18)20-10-2-3-13(19)17-12-6-4-11(15)5-7-12/h4-9H,2-3,10,15H2,1H3,(H,17,19). The smallest absolute Gasteiger partial charge is 0.224 e. The summed E-state index contributed by atoms with van der Waals surface area (Å²) in [5.74, 6) is 0.898. The highest BCUT2D eigenvalue weighted by atomic mass is 32.2. The number of aromatic nitrogens is 2. The highest BCUT2D eigenvalue weighted by molar-refractivity contribution is 7.99. The van der Waals surface area contributed by atoms with Crippen molar-refractivity contribution in [3.63, 3.8) is 0 Å². The van der Waals surface area contributed by atoms with Gasteiger partial charge in [-0.25, -0.2) is 4.98 Å². The number of benzene rings is 1. The van der Waals surface area contributed by atoms with E-state index in [9.17, 15) is 4.79 Å². The van der Waals surface area contributed by atoms with Crippen LogP contribution in [0.25, 0.3) is 0 Å². The molecule has 0 atom stereocenters. The van der Waals surface area contributed by atoms with Crippen LogP contribution in [-0.4, -0.2) is 21.2 Å². The molecule has 0 spiro atoms. The van der Waals surface area contributed by atoms with Crippen LogP contribution in [0.5, 0.6) is 0 Å². The molecule has 3 N–H and O–H groups in total. The van der Waals surface area contributed by atoms with E-state index in [4.69, 9.17) is 5.73 Å². The van der Waals surface area contributed by atoms with Gasteiger partial charge in [-0.3, -0.25) is 4.79 Å². The van der Waals surface area contributed by atoms with Crippen molar-refractivity contribution in [1.29, 1.82) is 0 Å². The normalized spacial score (nSPS) is 10.4. The van der Waals surface area contributed by atoms with Crippen LogP contribution in [0.4, 0.5) is 11.4 Å². The fourth-order valence-electron chi connectivity index (χ4n) is 1.68. The Kier molecular flexibility index (Phi) is 5.06. The molecule has 0 fully saturated rings. The molecule has 2 rings (SSSR count). The molecule has 106 valence electrons. The van der Waals surface area contributed by atoms with Gasteiger partial charge in [0.1, 0.15) is 0 Å². The fraction of sp³-hybridized carbons (Fsp3) is 0.286. The zero-order valence-electron chi connectivity index (χ0n) is 11.4. The van der Waals surface area contributed by atoms with E-state index in [-0.39, 0.29) is 5.91 Å².